The lowest BCUT2D eigenvalue weighted by molar-refractivity contribution is -0.117. The summed E-state index contributed by atoms with van der Waals surface area (Å²) in [7, 11) is 0. The van der Waals surface area contributed by atoms with E-state index < -0.39 is 11.7 Å². The molecule has 246 valence electrons. The maximum atomic E-state index is 15.9. The number of hydrogen-bond donors (Lipinski definition) is 2. The van der Waals surface area contributed by atoms with Gasteiger partial charge in [-0.1, -0.05) is 13.0 Å². The van der Waals surface area contributed by atoms with Gasteiger partial charge in [0, 0.05) is 55.3 Å². The number of piperidine rings is 1. The molecule has 2 N–H and O–H groups in total. The predicted octanol–water partition coefficient (Wildman–Crippen LogP) is 4.88. The zero-order chi connectivity index (χ0) is 32.5. The molecule has 8 rings (SSSR count). The highest BCUT2D eigenvalue weighted by atomic mass is 19.1. The van der Waals surface area contributed by atoms with Crippen LogP contribution in [0.2, 0.25) is 0 Å². The molecule has 4 aliphatic rings. The van der Waals surface area contributed by atoms with Crippen LogP contribution in [0.3, 0.4) is 0 Å². The van der Waals surface area contributed by atoms with Crippen LogP contribution in [0.4, 0.5) is 20.3 Å². The van der Waals surface area contributed by atoms with Crippen molar-refractivity contribution in [1.82, 2.24) is 19.9 Å². The first-order valence-corrected chi connectivity index (χ1v) is 16.5. The number of aryl methyl sites for hydroxylation is 1. The monoisotopic (exact) mass is 644 g/mol. The van der Waals surface area contributed by atoms with Crippen LogP contribution in [0.15, 0.2) is 42.7 Å². The number of hydrogen-bond acceptors (Lipinski definition) is 9. The van der Waals surface area contributed by atoms with Gasteiger partial charge in [0.25, 0.3) is 0 Å². The molecular weight excluding hydrogens is 606 g/mol. The van der Waals surface area contributed by atoms with Gasteiger partial charge >= 0.3 is 6.01 Å². The number of nitrogens with zero attached hydrogens (tertiary/aromatic N) is 6. The fourth-order valence-corrected chi connectivity index (χ4v) is 8.66. The molecule has 2 aromatic heterocycles. The van der Waals surface area contributed by atoms with Gasteiger partial charge in [-0.2, -0.15) is 9.97 Å². The van der Waals surface area contributed by atoms with Crippen LogP contribution in [0, 0.1) is 11.2 Å². The molecule has 0 bridgehead atoms. The summed E-state index contributed by atoms with van der Waals surface area (Å²) in [5, 5.41) is 22.8. The Morgan fingerprint density at radius 3 is 2.87 bits per heavy atom. The van der Waals surface area contributed by atoms with E-state index >= 15 is 4.39 Å². The van der Waals surface area contributed by atoms with Crippen LogP contribution in [-0.4, -0.2) is 86.7 Å². The number of aromatic nitrogens is 3. The van der Waals surface area contributed by atoms with Gasteiger partial charge in [0.2, 0.25) is 5.91 Å². The van der Waals surface area contributed by atoms with Crippen LogP contribution >= 0.6 is 0 Å². The van der Waals surface area contributed by atoms with E-state index in [-0.39, 0.29) is 54.5 Å². The summed E-state index contributed by atoms with van der Waals surface area (Å²) >= 11 is 0. The van der Waals surface area contributed by atoms with E-state index in [1.165, 1.54) is 12.1 Å². The SMILES string of the molecule is CCc1c(F)ccc2cc(O)cc(N3CC4(CCC3F)CC(=O)N(c3nc(OC[C@]56CCCN5C[C@@H](O)C6)nc5ccncc35)C4)c12. The van der Waals surface area contributed by atoms with Gasteiger partial charge in [-0.05, 0) is 74.2 Å². The number of phenols is 1. The van der Waals surface area contributed by atoms with Crippen molar-refractivity contribution in [1.29, 1.82) is 0 Å². The molecule has 10 nitrogen and oxygen atoms in total. The molecule has 0 radical (unpaired) electrons. The Labute approximate surface area is 271 Å². The summed E-state index contributed by atoms with van der Waals surface area (Å²) in [6, 6.07) is 7.97. The number of β-amino-alcohol motifs (C(OH)–C–C–N with tert-alkyl or cyclic N) is 1. The number of fused-ring (bicyclic) bond motifs is 3. The Bertz CT molecular complexity index is 1890. The van der Waals surface area contributed by atoms with Crippen LogP contribution in [0.5, 0.6) is 11.8 Å². The van der Waals surface area contributed by atoms with E-state index in [1.54, 1.807) is 40.4 Å². The number of carbonyl (C=O) groups excluding carboxylic acids is 1. The fourth-order valence-electron chi connectivity index (χ4n) is 8.66. The largest absolute Gasteiger partial charge is 0.508 e. The van der Waals surface area contributed by atoms with E-state index in [0.717, 1.165) is 19.4 Å². The number of alkyl halides is 1. The van der Waals surface area contributed by atoms with Gasteiger partial charge in [0.05, 0.1) is 28.2 Å². The first-order chi connectivity index (χ1) is 22.7. The number of ether oxygens (including phenoxy) is 1. The number of halogens is 2. The summed E-state index contributed by atoms with van der Waals surface area (Å²) < 4.78 is 37.1. The zero-order valence-electron chi connectivity index (χ0n) is 26.3. The number of pyridine rings is 1. The number of rotatable bonds is 6. The van der Waals surface area contributed by atoms with Crippen LogP contribution < -0.4 is 14.5 Å². The fraction of sp³-hybridized carbons (Fsp3) is 0.486. The number of carbonyl (C=O) groups is 1. The molecule has 4 saturated heterocycles. The molecule has 0 aliphatic carbocycles. The molecule has 4 atom stereocenters. The van der Waals surface area contributed by atoms with Gasteiger partial charge in [0.15, 0.2) is 12.1 Å². The van der Waals surface area contributed by atoms with Crippen LogP contribution in [0.1, 0.15) is 51.0 Å². The van der Waals surface area contributed by atoms with Gasteiger partial charge in [-0.25, -0.2) is 8.78 Å². The lowest BCUT2D eigenvalue weighted by Crippen LogP contribution is -2.49. The molecule has 4 fully saturated rings. The molecule has 6 heterocycles. The zero-order valence-corrected chi connectivity index (χ0v) is 26.3. The number of aliphatic hydroxyl groups is 1. The molecule has 1 spiro atoms. The van der Waals surface area contributed by atoms with Crippen molar-refractivity contribution in [2.24, 2.45) is 5.41 Å². The number of benzene rings is 2. The molecule has 2 aromatic carbocycles. The molecule has 0 saturated carbocycles. The smallest absolute Gasteiger partial charge is 0.319 e. The van der Waals surface area contributed by atoms with Gasteiger partial charge in [-0.15, -0.1) is 0 Å². The van der Waals surface area contributed by atoms with Crippen molar-refractivity contribution in [3.63, 3.8) is 0 Å². The van der Waals surface area contributed by atoms with Crippen molar-refractivity contribution >= 4 is 39.1 Å². The van der Waals surface area contributed by atoms with Crippen molar-refractivity contribution < 1.29 is 28.5 Å². The summed E-state index contributed by atoms with van der Waals surface area (Å²) in [5.41, 5.74) is 0.623. The van der Waals surface area contributed by atoms with Gasteiger partial charge in [0.1, 0.15) is 18.2 Å². The average molecular weight is 645 g/mol. The Balaban J connectivity index is 1.12. The lowest BCUT2D eigenvalue weighted by atomic mass is 9.78. The average Bonchev–Trinajstić information content (AvgIpc) is 3.70. The van der Waals surface area contributed by atoms with Crippen LogP contribution in [-0.2, 0) is 11.2 Å². The second kappa shape index (κ2) is 11.2. The third-order valence-electron chi connectivity index (χ3n) is 10.8. The van der Waals surface area contributed by atoms with E-state index in [9.17, 15) is 19.4 Å². The maximum Gasteiger partial charge on any atom is 0.319 e. The molecular formula is C35H38F2N6O4. The molecule has 4 aromatic rings. The van der Waals surface area contributed by atoms with Crippen molar-refractivity contribution in [3.8, 4) is 11.8 Å². The predicted molar refractivity (Wildman–Crippen MR) is 173 cm³/mol. The maximum absolute atomic E-state index is 15.9. The van der Waals surface area contributed by atoms with Crippen molar-refractivity contribution in [2.45, 2.75) is 69.8 Å². The van der Waals surface area contributed by atoms with E-state index in [0.29, 0.717) is 77.7 Å². The molecule has 2 unspecified atom stereocenters. The Morgan fingerprint density at radius 2 is 2.02 bits per heavy atom. The Hall–Kier alpha value is -4.16. The second-order valence-corrected chi connectivity index (χ2v) is 13.8. The highest BCUT2D eigenvalue weighted by Gasteiger charge is 2.50. The first kappa shape index (κ1) is 30.2. The number of phenolic OH excluding ortho intramolecular Hbond substituents is 1. The van der Waals surface area contributed by atoms with Gasteiger partial charge in [-0.3, -0.25) is 19.6 Å². The highest BCUT2D eigenvalue weighted by molar-refractivity contribution is 6.03. The van der Waals surface area contributed by atoms with E-state index in [4.69, 9.17) is 9.72 Å². The normalized spacial score (nSPS) is 27.9. The van der Waals surface area contributed by atoms with Crippen molar-refractivity contribution in [3.05, 3.63) is 54.1 Å². The second-order valence-electron chi connectivity index (χ2n) is 13.8. The summed E-state index contributed by atoms with van der Waals surface area (Å²) in [5.74, 6) is -0.142. The topological polar surface area (TPSA) is 115 Å². The minimum Gasteiger partial charge on any atom is -0.508 e. The molecule has 4 aliphatic heterocycles. The number of aromatic hydroxyl groups is 1. The minimum absolute atomic E-state index is 0.0306. The quantitative estimate of drug-likeness (QED) is 0.284. The first-order valence-electron chi connectivity index (χ1n) is 16.5. The Morgan fingerprint density at radius 1 is 1.15 bits per heavy atom. The summed E-state index contributed by atoms with van der Waals surface area (Å²) in [4.78, 5) is 33.1. The standard InChI is InChI=1S/C35H38F2N6O4/c1-2-24-26(36)5-4-21-12-22(44)13-28(31(21)24)42-18-34(9-6-29(42)37)15-30(46)43(19-34)32-25-16-38-10-7-27(25)39-33(40-32)47-20-35-8-3-11-41(35)17-23(45)14-35/h4-5,7,10,12-13,16,23,29,44-45H,2-3,6,8-9,11,14-15,17-20H2,1H3/t23-,29?,34?,35+/m0/s1. The number of amides is 1. The lowest BCUT2D eigenvalue weighted by Gasteiger charge is -2.43. The number of aliphatic hydroxyl groups excluding tert-OH is 1. The third kappa shape index (κ3) is 5.04. The molecule has 12 heteroatoms. The van der Waals surface area contributed by atoms with E-state index in [2.05, 4.69) is 14.9 Å². The molecule has 1 amide bonds. The van der Waals surface area contributed by atoms with Crippen LogP contribution in [0.25, 0.3) is 21.7 Å². The Kier molecular flexibility index (Phi) is 7.21. The van der Waals surface area contributed by atoms with Crippen molar-refractivity contribution in [2.75, 3.05) is 42.6 Å². The summed E-state index contributed by atoms with van der Waals surface area (Å²) in [6.45, 7) is 4.25. The number of anilines is 2. The minimum atomic E-state index is -1.37. The molecule has 47 heavy (non-hydrogen) atoms. The van der Waals surface area contributed by atoms with Gasteiger partial charge < -0.3 is 19.8 Å². The highest BCUT2D eigenvalue weighted by Crippen LogP contribution is 2.47. The van der Waals surface area contributed by atoms with E-state index in [1.807, 2.05) is 6.92 Å². The summed E-state index contributed by atoms with van der Waals surface area (Å²) in [6.07, 6.45) is 5.37. The third-order valence-corrected chi connectivity index (χ3v) is 10.8.